The highest BCUT2D eigenvalue weighted by Crippen LogP contribution is 2.15. The summed E-state index contributed by atoms with van der Waals surface area (Å²) in [6.07, 6.45) is -0.304. The molecule has 0 bridgehead atoms. The molecule has 6 heteroatoms. The number of benzene rings is 1. The third-order valence-electron chi connectivity index (χ3n) is 3.16. The molecule has 0 spiro atoms. The van der Waals surface area contributed by atoms with Crippen molar-refractivity contribution in [3.63, 3.8) is 0 Å². The summed E-state index contributed by atoms with van der Waals surface area (Å²) >= 11 is 3.36. The molecule has 5 nitrogen and oxygen atoms in total. The second-order valence-electron chi connectivity index (χ2n) is 4.49. The van der Waals surface area contributed by atoms with Crippen LogP contribution in [-0.4, -0.2) is 54.6 Å². The van der Waals surface area contributed by atoms with Crippen molar-refractivity contribution in [2.24, 2.45) is 0 Å². The van der Waals surface area contributed by atoms with E-state index in [9.17, 15) is 9.59 Å². The van der Waals surface area contributed by atoms with Gasteiger partial charge in [-0.2, -0.15) is 0 Å². The minimum Gasteiger partial charge on any atom is -0.450 e. The van der Waals surface area contributed by atoms with E-state index in [2.05, 4.69) is 15.9 Å². The molecule has 1 fully saturated rings. The number of ether oxygens (including phenoxy) is 1. The van der Waals surface area contributed by atoms with E-state index in [0.29, 0.717) is 38.3 Å². The van der Waals surface area contributed by atoms with Crippen molar-refractivity contribution in [2.75, 3.05) is 32.8 Å². The zero-order valence-electron chi connectivity index (χ0n) is 11.3. The van der Waals surface area contributed by atoms with Gasteiger partial charge in [0.2, 0.25) is 0 Å². The Kier molecular flexibility index (Phi) is 5.00. The Morgan fingerprint density at radius 2 is 1.85 bits per heavy atom. The zero-order chi connectivity index (χ0) is 14.5. The van der Waals surface area contributed by atoms with E-state index in [0.717, 1.165) is 4.47 Å². The summed E-state index contributed by atoms with van der Waals surface area (Å²) in [7, 11) is 0. The maximum atomic E-state index is 12.3. The molecule has 2 amide bonds. The fraction of sp³-hybridized carbons (Fsp3) is 0.429. The Hall–Kier alpha value is -1.56. The summed E-state index contributed by atoms with van der Waals surface area (Å²) in [5, 5.41) is 0. The first-order valence-electron chi connectivity index (χ1n) is 6.58. The van der Waals surface area contributed by atoms with Crippen LogP contribution in [0.2, 0.25) is 0 Å². The van der Waals surface area contributed by atoms with Gasteiger partial charge in [-0.1, -0.05) is 22.0 Å². The zero-order valence-corrected chi connectivity index (χ0v) is 12.9. The van der Waals surface area contributed by atoms with E-state index in [1.807, 2.05) is 12.1 Å². The van der Waals surface area contributed by atoms with Crippen LogP contribution in [-0.2, 0) is 4.74 Å². The number of hydrogen-bond acceptors (Lipinski definition) is 3. The van der Waals surface area contributed by atoms with Crippen LogP contribution < -0.4 is 0 Å². The van der Waals surface area contributed by atoms with Gasteiger partial charge in [-0.3, -0.25) is 4.79 Å². The molecule has 1 saturated heterocycles. The van der Waals surface area contributed by atoms with Crippen LogP contribution in [0, 0.1) is 0 Å². The smallest absolute Gasteiger partial charge is 0.409 e. The number of hydrogen-bond donors (Lipinski definition) is 0. The second-order valence-corrected chi connectivity index (χ2v) is 5.40. The Morgan fingerprint density at radius 3 is 2.45 bits per heavy atom. The standard InChI is InChI=1S/C14H17BrN2O3/c1-2-20-14(19)17-8-6-16(7-9-17)13(18)11-4-3-5-12(15)10-11/h3-5,10H,2,6-9H2,1H3. The summed E-state index contributed by atoms with van der Waals surface area (Å²) in [4.78, 5) is 27.3. The SMILES string of the molecule is CCOC(=O)N1CCN(C(=O)c2cccc(Br)c2)CC1. The van der Waals surface area contributed by atoms with Crippen molar-refractivity contribution >= 4 is 27.9 Å². The number of piperazine rings is 1. The first-order chi connectivity index (χ1) is 9.61. The van der Waals surface area contributed by atoms with Crippen LogP contribution in [0.4, 0.5) is 4.79 Å². The summed E-state index contributed by atoms with van der Waals surface area (Å²) in [6, 6.07) is 7.33. The number of rotatable bonds is 2. The van der Waals surface area contributed by atoms with E-state index >= 15 is 0 Å². The molecule has 20 heavy (non-hydrogen) atoms. The van der Waals surface area contributed by atoms with Crippen LogP contribution in [0.1, 0.15) is 17.3 Å². The number of halogens is 1. The van der Waals surface area contributed by atoms with Gasteiger partial charge in [0.05, 0.1) is 6.61 Å². The predicted octanol–water partition coefficient (Wildman–Crippen LogP) is 2.36. The van der Waals surface area contributed by atoms with Crippen molar-refractivity contribution in [1.82, 2.24) is 9.80 Å². The summed E-state index contributed by atoms with van der Waals surface area (Å²) in [5.74, 6) is -0.00481. The molecule has 0 radical (unpaired) electrons. The largest absolute Gasteiger partial charge is 0.450 e. The van der Waals surface area contributed by atoms with Crippen LogP contribution in [0.5, 0.6) is 0 Å². The first kappa shape index (κ1) is 14.8. The summed E-state index contributed by atoms with van der Waals surface area (Å²) in [6.45, 7) is 4.24. The van der Waals surface area contributed by atoms with Crippen molar-refractivity contribution in [3.05, 3.63) is 34.3 Å². The lowest BCUT2D eigenvalue weighted by atomic mass is 10.2. The molecule has 0 atom stereocenters. The Bertz CT molecular complexity index is 499. The van der Waals surface area contributed by atoms with E-state index in [-0.39, 0.29) is 12.0 Å². The van der Waals surface area contributed by atoms with Crippen LogP contribution in [0.15, 0.2) is 28.7 Å². The van der Waals surface area contributed by atoms with Gasteiger partial charge in [-0.15, -0.1) is 0 Å². The number of nitrogens with zero attached hydrogens (tertiary/aromatic N) is 2. The van der Waals surface area contributed by atoms with Gasteiger partial charge < -0.3 is 14.5 Å². The van der Waals surface area contributed by atoms with Gasteiger partial charge in [0.15, 0.2) is 0 Å². The second kappa shape index (κ2) is 6.74. The van der Waals surface area contributed by atoms with Crippen LogP contribution in [0.3, 0.4) is 0 Å². The lowest BCUT2D eigenvalue weighted by Crippen LogP contribution is -2.50. The third kappa shape index (κ3) is 3.50. The Labute approximate surface area is 126 Å². The molecule has 0 aliphatic carbocycles. The highest BCUT2D eigenvalue weighted by molar-refractivity contribution is 9.10. The molecule has 108 valence electrons. The molecule has 1 aliphatic rings. The monoisotopic (exact) mass is 340 g/mol. The molecular weight excluding hydrogens is 324 g/mol. The molecule has 0 saturated carbocycles. The molecular formula is C14H17BrN2O3. The van der Waals surface area contributed by atoms with Gasteiger partial charge in [-0.05, 0) is 25.1 Å². The fourth-order valence-electron chi connectivity index (χ4n) is 2.11. The van der Waals surface area contributed by atoms with E-state index in [1.165, 1.54) is 0 Å². The predicted molar refractivity (Wildman–Crippen MR) is 78.6 cm³/mol. The van der Waals surface area contributed by atoms with Gasteiger partial charge in [0.1, 0.15) is 0 Å². The molecule has 0 unspecified atom stereocenters. The lowest BCUT2D eigenvalue weighted by Gasteiger charge is -2.34. The van der Waals surface area contributed by atoms with Gasteiger partial charge in [0, 0.05) is 36.2 Å². The highest BCUT2D eigenvalue weighted by Gasteiger charge is 2.25. The van der Waals surface area contributed by atoms with E-state index in [4.69, 9.17) is 4.74 Å². The van der Waals surface area contributed by atoms with Gasteiger partial charge in [0.25, 0.3) is 5.91 Å². The average Bonchev–Trinajstić information content (AvgIpc) is 2.47. The quantitative estimate of drug-likeness (QED) is 0.830. The number of amides is 2. The minimum atomic E-state index is -0.304. The Balaban J connectivity index is 1.93. The number of carbonyl (C=O) groups is 2. The Morgan fingerprint density at radius 1 is 1.20 bits per heavy atom. The lowest BCUT2D eigenvalue weighted by molar-refractivity contribution is 0.0570. The average molecular weight is 341 g/mol. The van der Waals surface area contributed by atoms with E-state index < -0.39 is 0 Å². The van der Waals surface area contributed by atoms with E-state index in [1.54, 1.807) is 28.9 Å². The molecule has 1 aromatic rings. The molecule has 1 aromatic carbocycles. The molecule has 0 N–H and O–H groups in total. The first-order valence-corrected chi connectivity index (χ1v) is 7.37. The van der Waals surface area contributed by atoms with Crippen LogP contribution in [0.25, 0.3) is 0 Å². The van der Waals surface area contributed by atoms with Gasteiger partial charge >= 0.3 is 6.09 Å². The van der Waals surface area contributed by atoms with Crippen LogP contribution >= 0.6 is 15.9 Å². The molecule has 1 heterocycles. The summed E-state index contributed by atoms with van der Waals surface area (Å²) < 4.78 is 5.84. The maximum Gasteiger partial charge on any atom is 0.409 e. The van der Waals surface area contributed by atoms with Crippen molar-refractivity contribution in [2.45, 2.75) is 6.92 Å². The topological polar surface area (TPSA) is 49.9 Å². The highest BCUT2D eigenvalue weighted by atomic mass is 79.9. The van der Waals surface area contributed by atoms with Gasteiger partial charge in [-0.25, -0.2) is 4.79 Å². The van der Waals surface area contributed by atoms with Crippen molar-refractivity contribution in [3.8, 4) is 0 Å². The molecule has 0 aromatic heterocycles. The molecule has 1 aliphatic heterocycles. The normalized spacial score (nSPS) is 15.1. The van der Waals surface area contributed by atoms with Crippen molar-refractivity contribution in [1.29, 1.82) is 0 Å². The minimum absolute atomic E-state index is 0.00481. The molecule has 2 rings (SSSR count). The fourth-order valence-corrected chi connectivity index (χ4v) is 2.51. The maximum absolute atomic E-state index is 12.3. The summed E-state index contributed by atoms with van der Waals surface area (Å²) in [5.41, 5.74) is 0.656. The number of carbonyl (C=O) groups excluding carboxylic acids is 2. The van der Waals surface area contributed by atoms with Crippen molar-refractivity contribution < 1.29 is 14.3 Å². The third-order valence-corrected chi connectivity index (χ3v) is 3.66.